The van der Waals surface area contributed by atoms with E-state index >= 15 is 0 Å². The second-order valence-electron chi connectivity index (χ2n) is 3.82. The Morgan fingerprint density at radius 1 is 1.37 bits per heavy atom. The molecule has 0 aliphatic rings. The summed E-state index contributed by atoms with van der Waals surface area (Å²) in [7, 11) is 0. The lowest BCUT2D eigenvalue weighted by atomic mass is 10.2. The van der Waals surface area contributed by atoms with Crippen LogP contribution in [0.1, 0.15) is 16.1 Å². The summed E-state index contributed by atoms with van der Waals surface area (Å²) in [5, 5.41) is 2.72. The van der Waals surface area contributed by atoms with Crippen molar-refractivity contribution in [1.82, 2.24) is 4.98 Å². The number of nitrogens with zero attached hydrogens (tertiary/aromatic N) is 1. The highest BCUT2D eigenvalue weighted by atomic mass is 127. The Bertz CT molecular complexity index is 619. The van der Waals surface area contributed by atoms with Crippen LogP contribution in [0.5, 0.6) is 0 Å². The van der Waals surface area contributed by atoms with Crippen LogP contribution in [0.2, 0.25) is 0 Å². The number of carbonyl (C=O) groups excluding carboxylic acids is 1. The Labute approximate surface area is 123 Å². The first kappa shape index (κ1) is 13.9. The fraction of sp³-hybridized carbons (Fsp3) is 0.0769. The maximum atomic E-state index is 13.0. The van der Waals surface area contributed by atoms with Crippen molar-refractivity contribution in [3.05, 3.63) is 57.2 Å². The molecular formula is C13H11FIN3O. The molecule has 2 aromatic rings. The van der Waals surface area contributed by atoms with Crippen molar-refractivity contribution in [3.8, 4) is 0 Å². The molecule has 0 saturated carbocycles. The number of rotatable bonds is 3. The Balaban J connectivity index is 2.20. The Hall–Kier alpha value is -1.54. The van der Waals surface area contributed by atoms with Crippen molar-refractivity contribution in [2.24, 2.45) is 5.73 Å². The summed E-state index contributed by atoms with van der Waals surface area (Å²) in [5.41, 5.74) is 7.15. The molecular weight excluding hydrogens is 360 g/mol. The molecule has 2 rings (SSSR count). The van der Waals surface area contributed by atoms with E-state index in [0.29, 0.717) is 20.5 Å². The van der Waals surface area contributed by atoms with Crippen LogP contribution in [-0.4, -0.2) is 10.9 Å². The molecule has 1 aromatic heterocycles. The molecule has 0 saturated heterocycles. The lowest BCUT2D eigenvalue weighted by Gasteiger charge is -2.08. The van der Waals surface area contributed by atoms with Crippen LogP contribution in [0.3, 0.4) is 0 Å². The number of aromatic nitrogens is 1. The fourth-order valence-corrected chi connectivity index (χ4v) is 2.13. The highest BCUT2D eigenvalue weighted by Crippen LogP contribution is 2.19. The molecule has 3 N–H and O–H groups in total. The molecule has 0 bridgehead atoms. The van der Waals surface area contributed by atoms with Gasteiger partial charge in [0.25, 0.3) is 5.91 Å². The standard InChI is InChI=1S/C13H11FIN3O/c14-9-1-2-12(11(15)6-9)18-13(19)8-3-4-17-10(5-8)7-16/h1-6H,7,16H2,(H,18,19). The Morgan fingerprint density at radius 3 is 2.84 bits per heavy atom. The molecule has 1 amide bonds. The van der Waals surface area contributed by atoms with Crippen molar-refractivity contribution in [3.63, 3.8) is 0 Å². The smallest absolute Gasteiger partial charge is 0.255 e. The summed E-state index contributed by atoms with van der Waals surface area (Å²) in [6.07, 6.45) is 1.53. The maximum Gasteiger partial charge on any atom is 0.255 e. The molecule has 6 heteroatoms. The van der Waals surface area contributed by atoms with Gasteiger partial charge in [0.1, 0.15) is 5.82 Å². The summed E-state index contributed by atoms with van der Waals surface area (Å²) < 4.78 is 13.6. The van der Waals surface area contributed by atoms with E-state index in [0.717, 1.165) is 0 Å². The van der Waals surface area contributed by atoms with Crippen molar-refractivity contribution in [2.45, 2.75) is 6.54 Å². The summed E-state index contributed by atoms with van der Waals surface area (Å²) in [6.45, 7) is 0.273. The Morgan fingerprint density at radius 2 is 2.16 bits per heavy atom. The van der Waals surface area contributed by atoms with Gasteiger partial charge in [-0.1, -0.05) is 0 Å². The van der Waals surface area contributed by atoms with Gasteiger partial charge < -0.3 is 11.1 Å². The number of hydrogen-bond donors (Lipinski definition) is 2. The van der Waals surface area contributed by atoms with Crippen molar-refractivity contribution >= 4 is 34.2 Å². The average molecular weight is 371 g/mol. The number of hydrogen-bond acceptors (Lipinski definition) is 3. The maximum absolute atomic E-state index is 13.0. The van der Waals surface area contributed by atoms with Gasteiger partial charge in [-0.25, -0.2) is 4.39 Å². The molecule has 0 aliphatic heterocycles. The first-order valence-corrected chi connectivity index (χ1v) is 6.59. The minimum atomic E-state index is -0.336. The number of nitrogens with two attached hydrogens (primary N) is 1. The first-order chi connectivity index (χ1) is 9.10. The lowest BCUT2D eigenvalue weighted by Crippen LogP contribution is -2.14. The minimum Gasteiger partial charge on any atom is -0.325 e. The number of carbonyl (C=O) groups is 1. The third kappa shape index (κ3) is 3.48. The zero-order valence-electron chi connectivity index (χ0n) is 9.86. The zero-order valence-corrected chi connectivity index (χ0v) is 12.0. The second kappa shape index (κ2) is 6.07. The number of benzene rings is 1. The third-order valence-corrected chi connectivity index (χ3v) is 3.36. The van der Waals surface area contributed by atoms with E-state index in [1.54, 1.807) is 12.1 Å². The summed E-state index contributed by atoms with van der Waals surface area (Å²) in [4.78, 5) is 16.1. The van der Waals surface area contributed by atoms with Gasteiger partial charge in [0, 0.05) is 21.9 Å². The SMILES string of the molecule is NCc1cc(C(=O)Nc2ccc(F)cc2I)ccn1. The van der Waals surface area contributed by atoms with E-state index in [9.17, 15) is 9.18 Å². The van der Waals surface area contributed by atoms with Gasteiger partial charge in [-0.3, -0.25) is 9.78 Å². The van der Waals surface area contributed by atoms with Crippen molar-refractivity contribution in [1.29, 1.82) is 0 Å². The van der Waals surface area contributed by atoms with E-state index in [-0.39, 0.29) is 18.3 Å². The van der Waals surface area contributed by atoms with E-state index in [4.69, 9.17) is 5.73 Å². The lowest BCUT2D eigenvalue weighted by molar-refractivity contribution is 0.102. The van der Waals surface area contributed by atoms with Gasteiger partial charge in [-0.05, 0) is 52.9 Å². The first-order valence-electron chi connectivity index (χ1n) is 5.51. The highest BCUT2D eigenvalue weighted by molar-refractivity contribution is 14.1. The topological polar surface area (TPSA) is 68.0 Å². The number of amides is 1. The summed E-state index contributed by atoms with van der Waals surface area (Å²) in [5.74, 6) is -0.613. The molecule has 0 fully saturated rings. The van der Waals surface area contributed by atoms with Gasteiger partial charge in [0.15, 0.2) is 0 Å². The predicted molar refractivity (Wildman–Crippen MR) is 79.2 cm³/mol. The Kier molecular flexibility index (Phi) is 4.43. The number of anilines is 1. The van der Waals surface area contributed by atoms with Crippen LogP contribution >= 0.6 is 22.6 Å². The molecule has 4 nitrogen and oxygen atoms in total. The van der Waals surface area contributed by atoms with E-state index in [1.807, 2.05) is 22.6 Å². The second-order valence-corrected chi connectivity index (χ2v) is 4.98. The largest absolute Gasteiger partial charge is 0.325 e. The molecule has 1 heterocycles. The normalized spacial score (nSPS) is 10.3. The van der Waals surface area contributed by atoms with Gasteiger partial charge in [0.2, 0.25) is 0 Å². The van der Waals surface area contributed by atoms with Crippen LogP contribution in [0.25, 0.3) is 0 Å². The predicted octanol–water partition coefficient (Wildman–Crippen LogP) is 2.54. The van der Waals surface area contributed by atoms with Gasteiger partial charge in [-0.15, -0.1) is 0 Å². The van der Waals surface area contributed by atoms with Gasteiger partial charge in [-0.2, -0.15) is 0 Å². The molecule has 0 atom stereocenters. The number of halogens is 2. The monoisotopic (exact) mass is 371 g/mol. The molecule has 98 valence electrons. The van der Waals surface area contributed by atoms with E-state index < -0.39 is 0 Å². The zero-order chi connectivity index (χ0) is 13.8. The molecule has 0 spiro atoms. The molecule has 0 aliphatic carbocycles. The molecule has 1 aromatic carbocycles. The quantitative estimate of drug-likeness (QED) is 0.815. The average Bonchev–Trinajstić information content (AvgIpc) is 2.42. The number of nitrogens with one attached hydrogen (secondary N) is 1. The minimum absolute atomic E-state index is 0.273. The molecule has 0 radical (unpaired) electrons. The summed E-state index contributed by atoms with van der Waals surface area (Å²) in [6, 6.07) is 7.42. The van der Waals surface area contributed by atoms with Gasteiger partial charge in [0.05, 0.1) is 11.4 Å². The molecule has 19 heavy (non-hydrogen) atoms. The van der Waals surface area contributed by atoms with E-state index in [1.165, 1.54) is 24.4 Å². The van der Waals surface area contributed by atoms with Gasteiger partial charge >= 0.3 is 0 Å². The van der Waals surface area contributed by atoms with Crippen LogP contribution in [0, 0.1) is 9.39 Å². The fourth-order valence-electron chi connectivity index (χ4n) is 1.52. The van der Waals surface area contributed by atoms with Crippen LogP contribution in [0.15, 0.2) is 36.5 Å². The van der Waals surface area contributed by atoms with Crippen molar-refractivity contribution in [2.75, 3.05) is 5.32 Å². The summed E-state index contributed by atoms with van der Waals surface area (Å²) >= 11 is 1.97. The molecule has 0 unspecified atom stereocenters. The van der Waals surface area contributed by atoms with Crippen LogP contribution in [0.4, 0.5) is 10.1 Å². The number of pyridine rings is 1. The van der Waals surface area contributed by atoms with Crippen LogP contribution in [-0.2, 0) is 6.54 Å². The van der Waals surface area contributed by atoms with Crippen LogP contribution < -0.4 is 11.1 Å². The third-order valence-electron chi connectivity index (χ3n) is 2.47. The van der Waals surface area contributed by atoms with E-state index in [2.05, 4.69) is 10.3 Å². The highest BCUT2D eigenvalue weighted by Gasteiger charge is 2.09. The van der Waals surface area contributed by atoms with Crippen molar-refractivity contribution < 1.29 is 9.18 Å².